The number of hydrogen-bond acceptors (Lipinski definition) is 4. The zero-order chi connectivity index (χ0) is 16.7. The lowest BCUT2D eigenvalue weighted by Gasteiger charge is -2.28. The summed E-state index contributed by atoms with van der Waals surface area (Å²) in [4.78, 5) is 22.7. The maximum Gasteiger partial charge on any atom is 0.220 e. The van der Waals surface area contributed by atoms with Crippen molar-refractivity contribution >= 4 is 12.2 Å². The number of carbonyl (C=O) groups excluding carboxylic acids is 2. The van der Waals surface area contributed by atoms with Gasteiger partial charge in [-0.2, -0.15) is 0 Å². The van der Waals surface area contributed by atoms with E-state index in [4.69, 9.17) is 10.5 Å². The number of carbonyl (C=O) groups is 2. The predicted molar refractivity (Wildman–Crippen MR) is 85.0 cm³/mol. The van der Waals surface area contributed by atoms with Gasteiger partial charge in [0.15, 0.2) is 0 Å². The Morgan fingerprint density at radius 1 is 1.24 bits per heavy atom. The van der Waals surface area contributed by atoms with E-state index in [1.54, 1.807) is 0 Å². The van der Waals surface area contributed by atoms with Gasteiger partial charge >= 0.3 is 0 Å². The van der Waals surface area contributed by atoms with Gasteiger partial charge in [0.2, 0.25) is 5.91 Å². The third-order valence-corrected chi connectivity index (χ3v) is 3.39. The first-order valence-electron chi connectivity index (χ1n) is 7.64. The third-order valence-electron chi connectivity index (χ3n) is 3.39. The van der Waals surface area contributed by atoms with E-state index in [-0.39, 0.29) is 23.0 Å². The summed E-state index contributed by atoms with van der Waals surface area (Å²) in [5.41, 5.74) is 5.28. The fraction of sp³-hybridized carbons (Fsp3) is 0.875. The number of ether oxygens (including phenoxy) is 1. The Balaban J connectivity index is 4.12. The maximum absolute atomic E-state index is 11.9. The molecule has 0 aliphatic carbocycles. The van der Waals surface area contributed by atoms with Gasteiger partial charge in [0.25, 0.3) is 0 Å². The number of nitrogens with one attached hydrogen (secondary N) is 1. The number of nitrogens with two attached hydrogens (primary N) is 1. The molecule has 21 heavy (non-hydrogen) atoms. The molecule has 0 aromatic rings. The van der Waals surface area contributed by atoms with Gasteiger partial charge < -0.3 is 20.6 Å². The Morgan fingerprint density at radius 2 is 1.81 bits per heavy atom. The summed E-state index contributed by atoms with van der Waals surface area (Å²) < 4.78 is 5.81. The topological polar surface area (TPSA) is 81.4 Å². The SMILES string of the molecule is CC(C)C(C=O)NC(=O)CCC(C)(C)OCCC(C)(C)N. The molecule has 0 aromatic heterocycles. The summed E-state index contributed by atoms with van der Waals surface area (Å²) in [7, 11) is 0. The summed E-state index contributed by atoms with van der Waals surface area (Å²) in [5, 5.41) is 2.74. The van der Waals surface area contributed by atoms with Crippen molar-refractivity contribution in [2.45, 2.75) is 78.0 Å². The van der Waals surface area contributed by atoms with Crippen LogP contribution in [-0.2, 0) is 14.3 Å². The van der Waals surface area contributed by atoms with Crippen LogP contribution in [0, 0.1) is 5.92 Å². The second-order valence-electron chi connectivity index (χ2n) is 7.32. The Morgan fingerprint density at radius 3 is 2.24 bits per heavy atom. The average Bonchev–Trinajstić information content (AvgIpc) is 2.31. The molecule has 1 amide bonds. The van der Waals surface area contributed by atoms with Gasteiger partial charge in [-0.05, 0) is 46.5 Å². The van der Waals surface area contributed by atoms with Gasteiger partial charge in [-0.25, -0.2) is 0 Å². The van der Waals surface area contributed by atoms with Crippen LogP contribution < -0.4 is 11.1 Å². The van der Waals surface area contributed by atoms with Crippen molar-refractivity contribution < 1.29 is 14.3 Å². The lowest BCUT2D eigenvalue weighted by Crippen LogP contribution is -2.40. The van der Waals surface area contributed by atoms with Crippen LogP contribution in [0.15, 0.2) is 0 Å². The monoisotopic (exact) mass is 300 g/mol. The summed E-state index contributed by atoms with van der Waals surface area (Å²) in [6.45, 7) is 12.2. The number of amides is 1. The van der Waals surface area contributed by atoms with E-state index in [1.165, 1.54) is 0 Å². The van der Waals surface area contributed by atoms with Crippen molar-refractivity contribution in [3.63, 3.8) is 0 Å². The first kappa shape index (κ1) is 20.1. The highest BCUT2D eigenvalue weighted by atomic mass is 16.5. The van der Waals surface area contributed by atoms with Crippen molar-refractivity contribution in [1.82, 2.24) is 5.32 Å². The number of rotatable bonds is 10. The summed E-state index contributed by atoms with van der Waals surface area (Å²) in [6, 6.07) is -0.417. The van der Waals surface area contributed by atoms with Crippen LogP contribution in [0.25, 0.3) is 0 Å². The minimum atomic E-state index is -0.417. The molecule has 0 aliphatic heterocycles. The number of hydrogen-bond donors (Lipinski definition) is 2. The van der Waals surface area contributed by atoms with Crippen molar-refractivity contribution in [2.24, 2.45) is 11.7 Å². The van der Waals surface area contributed by atoms with Crippen LogP contribution in [0.2, 0.25) is 0 Å². The second kappa shape index (κ2) is 8.49. The molecule has 0 aromatic carbocycles. The molecular formula is C16H32N2O3. The van der Waals surface area contributed by atoms with E-state index in [0.717, 1.165) is 12.7 Å². The molecule has 0 radical (unpaired) electrons. The molecule has 1 atom stereocenters. The van der Waals surface area contributed by atoms with Gasteiger partial charge in [-0.15, -0.1) is 0 Å². The average molecular weight is 300 g/mol. The fourth-order valence-corrected chi connectivity index (χ4v) is 1.69. The van der Waals surface area contributed by atoms with Crippen molar-refractivity contribution in [1.29, 1.82) is 0 Å². The van der Waals surface area contributed by atoms with Crippen LogP contribution in [-0.4, -0.2) is 36.0 Å². The molecule has 5 heteroatoms. The van der Waals surface area contributed by atoms with E-state index in [0.29, 0.717) is 19.4 Å². The van der Waals surface area contributed by atoms with Gasteiger partial charge in [-0.1, -0.05) is 13.8 Å². The molecule has 0 fully saturated rings. The highest BCUT2D eigenvalue weighted by Crippen LogP contribution is 2.18. The molecule has 0 saturated heterocycles. The Labute approximate surface area is 129 Å². The van der Waals surface area contributed by atoms with E-state index in [9.17, 15) is 9.59 Å². The van der Waals surface area contributed by atoms with Crippen LogP contribution in [0.3, 0.4) is 0 Å². The molecular weight excluding hydrogens is 268 g/mol. The Bertz CT molecular complexity index is 333. The smallest absolute Gasteiger partial charge is 0.220 e. The normalized spacial score (nSPS) is 14.1. The maximum atomic E-state index is 11.9. The highest BCUT2D eigenvalue weighted by molar-refractivity contribution is 5.79. The second-order valence-corrected chi connectivity index (χ2v) is 7.32. The predicted octanol–water partition coefficient (Wildman–Crippen LogP) is 2.03. The molecule has 0 spiro atoms. The van der Waals surface area contributed by atoms with Gasteiger partial charge in [0.1, 0.15) is 6.29 Å². The van der Waals surface area contributed by atoms with Crippen LogP contribution >= 0.6 is 0 Å². The van der Waals surface area contributed by atoms with Gasteiger partial charge in [-0.3, -0.25) is 4.79 Å². The largest absolute Gasteiger partial charge is 0.375 e. The molecule has 0 bridgehead atoms. The summed E-state index contributed by atoms with van der Waals surface area (Å²) in [6.07, 6.45) is 2.50. The van der Waals surface area contributed by atoms with E-state index in [2.05, 4.69) is 5.32 Å². The zero-order valence-corrected chi connectivity index (χ0v) is 14.4. The quantitative estimate of drug-likeness (QED) is 0.605. The number of aldehydes is 1. The van der Waals surface area contributed by atoms with Crippen LogP contribution in [0.5, 0.6) is 0 Å². The molecule has 5 nitrogen and oxygen atoms in total. The lowest BCUT2D eigenvalue weighted by atomic mass is 10.00. The highest BCUT2D eigenvalue weighted by Gasteiger charge is 2.22. The Hall–Kier alpha value is -0.940. The van der Waals surface area contributed by atoms with Crippen LogP contribution in [0.4, 0.5) is 0 Å². The van der Waals surface area contributed by atoms with Crippen LogP contribution in [0.1, 0.15) is 60.8 Å². The lowest BCUT2D eigenvalue weighted by molar-refractivity contribution is -0.126. The summed E-state index contributed by atoms with van der Waals surface area (Å²) >= 11 is 0. The van der Waals surface area contributed by atoms with Crippen molar-refractivity contribution in [3.8, 4) is 0 Å². The minimum Gasteiger partial charge on any atom is -0.375 e. The van der Waals surface area contributed by atoms with E-state index >= 15 is 0 Å². The standard InChI is InChI=1S/C16H32N2O3/c1-12(2)13(11-19)18-14(20)7-8-16(5,6)21-10-9-15(3,4)17/h11-13H,7-10,17H2,1-6H3,(H,18,20). The van der Waals surface area contributed by atoms with Gasteiger partial charge in [0.05, 0.1) is 11.6 Å². The fourth-order valence-electron chi connectivity index (χ4n) is 1.69. The molecule has 0 saturated carbocycles. The molecule has 3 N–H and O–H groups in total. The zero-order valence-electron chi connectivity index (χ0n) is 14.4. The first-order valence-corrected chi connectivity index (χ1v) is 7.64. The molecule has 1 unspecified atom stereocenters. The summed E-state index contributed by atoms with van der Waals surface area (Å²) in [5.74, 6) is -0.0147. The van der Waals surface area contributed by atoms with E-state index in [1.807, 2.05) is 41.5 Å². The molecule has 124 valence electrons. The third kappa shape index (κ3) is 10.4. The van der Waals surface area contributed by atoms with Gasteiger partial charge in [0, 0.05) is 18.6 Å². The molecule has 0 aliphatic rings. The minimum absolute atomic E-state index is 0.0995. The first-order chi connectivity index (χ1) is 9.47. The van der Waals surface area contributed by atoms with Crippen molar-refractivity contribution in [3.05, 3.63) is 0 Å². The Kier molecular flexibility index (Phi) is 8.11. The van der Waals surface area contributed by atoms with Crippen molar-refractivity contribution in [2.75, 3.05) is 6.61 Å². The van der Waals surface area contributed by atoms with E-state index < -0.39 is 6.04 Å². The molecule has 0 rings (SSSR count). The molecule has 0 heterocycles.